The molecular formula is C15H29N5O. The maximum atomic E-state index is 5.93. The van der Waals surface area contributed by atoms with Crippen LogP contribution in [0.4, 0.5) is 0 Å². The van der Waals surface area contributed by atoms with Crippen molar-refractivity contribution >= 4 is 0 Å². The van der Waals surface area contributed by atoms with Crippen molar-refractivity contribution in [1.82, 2.24) is 19.9 Å². The molecule has 0 aromatic carbocycles. The summed E-state index contributed by atoms with van der Waals surface area (Å²) in [5, 5.41) is 0. The molecule has 2 rings (SSSR count). The molecule has 0 radical (unpaired) electrons. The Kier molecular flexibility index (Phi) is 6.63. The Morgan fingerprint density at radius 1 is 1.43 bits per heavy atom. The monoisotopic (exact) mass is 295 g/mol. The average Bonchev–Trinajstić information content (AvgIpc) is 2.93. The molecule has 0 spiro atoms. The van der Waals surface area contributed by atoms with Crippen LogP contribution in [0.2, 0.25) is 0 Å². The fraction of sp³-hybridized carbons (Fsp3) is 0.800. The molecule has 3 N–H and O–H groups in total. The van der Waals surface area contributed by atoms with Crippen LogP contribution in [0.1, 0.15) is 32.5 Å². The third-order valence-electron chi connectivity index (χ3n) is 4.05. The fourth-order valence-corrected chi connectivity index (χ4v) is 2.96. The van der Waals surface area contributed by atoms with Crippen LogP contribution in [0.25, 0.3) is 0 Å². The van der Waals surface area contributed by atoms with Gasteiger partial charge in [0.1, 0.15) is 5.82 Å². The molecule has 1 fully saturated rings. The molecule has 0 bridgehead atoms. The normalized spacial score (nSPS) is 21.6. The van der Waals surface area contributed by atoms with Gasteiger partial charge in [-0.2, -0.15) is 0 Å². The molecule has 1 saturated heterocycles. The number of aryl methyl sites for hydroxylation is 1. The van der Waals surface area contributed by atoms with Crippen molar-refractivity contribution < 1.29 is 4.74 Å². The zero-order chi connectivity index (χ0) is 15.1. The predicted octanol–water partition coefficient (Wildman–Crippen LogP) is 0.778. The van der Waals surface area contributed by atoms with Crippen molar-refractivity contribution in [2.24, 2.45) is 5.84 Å². The number of nitrogens with one attached hydrogen (secondary N) is 1. The SMILES string of the molecule is CCCN1CCOC(C(Cc2nccn2CCC)NN)C1. The third kappa shape index (κ3) is 4.51. The molecule has 1 aliphatic rings. The van der Waals surface area contributed by atoms with E-state index >= 15 is 0 Å². The third-order valence-corrected chi connectivity index (χ3v) is 4.05. The van der Waals surface area contributed by atoms with Gasteiger partial charge < -0.3 is 9.30 Å². The van der Waals surface area contributed by atoms with Crippen LogP contribution in [0.5, 0.6) is 0 Å². The number of hydrogen-bond donors (Lipinski definition) is 2. The van der Waals surface area contributed by atoms with Crippen LogP contribution >= 0.6 is 0 Å². The topological polar surface area (TPSA) is 68.3 Å². The molecule has 0 amide bonds. The van der Waals surface area contributed by atoms with E-state index in [1.807, 2.05) is 12.4 Å². The lowest BCUT2D eigenvalue weighted by atomic mass is 10.1. The summed E-state index contributed by atoms with van der Waals surface area (Å²) in [5.74, 6) is 6.86. The van der Waals surface area contributed by atoms with Crippen LogP contribution in [0.3, 0.4) is 0 Å². The molecule has 2 unspecified atom stereocenters. The smallest absolute Gasteiger partial charge is 0.110 e. The van der Waals surface area contributed by atoms with Gasteiger partial charge in [0.2, 0.25) is 0 Å². The Morgan fingerprint density at radius 2 is 2.24 bits per heavy atom. The summed E-state index contributed by atoms with van der Waals surface area (Å²) >= 11 is 0. The standard InChI is InChI=1S/C15H29N5O/c1-3-6-19-9-10-21-14(12-19)13(18-16)11-15-17-5-8-20(15)7-4-2/h5,8,13-14,18H,3-4,6-7,9-12,16H2,1-2H3. The molecule has 120 valence electrons. The maximum Gasteiger partial charge on any atom is 0.110 e. The van der Waals surface area contributed by atoms with Gasteiger partial charge in [0.05, 0.1) is 18.8 Å². The van der Waals surface area contributed by atoms with Gasteiger partial charge in [-0.3, -0.25) is 16.2 Å². The predicted molar refractivity (Wildman–Crippen MR) is 83.8 cm³/mol. The van der Waals surface area contributed by atoms with E-state index in [4.69, 9.17) is 10.6 Å². The Morgan fingerprint density at radius 3 is 2.95 bits per heavy atom. The largest absolute Gasteiger partial charge is 0.374 e. The molecule has 2 heterocycles. The summed E-state index contributed by atoms with van der Waals surface area (Å²) in [6.07, 6.45) is 7.11. The van der Waals surface area contributed by atoms with Crippen LogP contribution in [-0.2, 0) is 17.7 Å². The molecule has 6 heteroatoms. The fourth-order valence-electron chi connectivity index (χ4n) is 2.96. The first-order valence-corrected chi connectivity index (χ1v) is 8.08. The first-order valence-electron chi connectivity index (χ1n) is 8.08. The lowest BCUT2D eigenvalue weighted by Gasteiger charge is -2.36. The highest BCUT2D eigenvalue weighted by Gasteiger charge is 2.28. The van der Waals surface area contributed by atoms with E-state index in [0.717, 1.165) is 51.5 Å². The highest BCUT2D eigenvalue weighted by Crippen LogP contribution is 2.13. The summed E-state index contributed by atoms with van der Waals surface area (Å²) < 4.78 is 8.14. The number of ether oxygens (including phenoxy) is 1. The van der Waals surface area contributed by atoms with E-state index < -0.39 is 0 Å². The molecule has 1 aromatic rings. The average molecular weight is 295 g/mol. The van der Waals surface area contributed by atoms with Gasteiger partial charge in [-0.25, -0.2) is 4.98 Å². The van der Waals surface area contributed by atoms with Gasteiger partial charge >= 0.3 is 0 Å². The number of morpholine rings is 1. The summed E-state index contributed by atoms with van der Waals surface area (Å²) in [7, 11) is 0. The molecule has 6 nitrogen and oxygen atoms in total. The number of hydrazine groups is 1. The first-order chi connectivity index (χ1) is 10.3. The molecular weight excluding hydrogens is 266 g/mol. The van der Waals surface area contributed by atoms with Crippen LogP contribution in [0, 0.1) is 0 Å². The minimum atomic E-state index is 0.0997. The van der Waals surface area contributed by atoms with E-state index in [-0.39, 0.29) is 12.1 Å². The van der Waals surface area contributed by atoms with E-state index in [1.54, 1.807) is 0 Å². The summed E-state index contributed by atoms with van der Waals surface area (Å²) in [6, 6.07) is 0.0997. The second kappa shape index (κ2) is 8.48. The maximum absolute atomic E-state index is 5.93. The number of aromatic nitrogens is 2. The van der Waals surface area contributed by atoms with Gasteiger partial charge in [0, 0.05) is 38.4 Å². The highest BCUT2D eigenvalue weighted by atomic mass is 16.5. The van der Waals surface area contributed by atoms with Gasteiger partial charge in [0.25, 0.3) is 0 Å². The van der Waals surface area contributed by atoms with Crippen molar-refractivity contribution in [2.45, 2.75) is 51.8 Å². The zero-order valence-electron chi connectivity index (χ0n) is 13.3. The van der Waals surface area contributed by atoms with Crippen LogP contribution in [-0.4, -0.2) is 52.8 Å². The van der Waals surface area contributed by atoms with E-state index in [2.05, 4.69) is 33.7 Å². The minimum Gasteiger partial charge on any atom is -0.374 e. The van der Waals surface area contributed by atoms with Crippen molar-refractivity contribution in [1.29, 1.82) is 0 Å². The van der Waals surface area contributed by atoms with Crippen molar-refractivity contribution in [3.05, 3.63) is 18.2 Å². The second-order valence-electron chi connectivity index (χ2n) is 5.72. The molecule has 1 aromatic heterocycles. The van der Waals surface area contributed by atoms with E-state index in [9.17, 15) is 0 Å². The van der Waals surface area contributed by atoms with Crippen molar-refractivity contribution in [2.75, 3.05) is 26.2 Å². The number of hydrogen-bond acceptors (Lipinski definition) is 5. The van der Waals surface area contributed by atoms with E-state index in [0.29, 0.717) is 0 Å². The van der Waals surface area contributed by atoms with Gasteiger partial charge in [-0.15, -0.1) is 0 Å². The Bertz CT molecular complexity index is 407. The highest BCUT2D eigenvalue weighted by molar-refractivity contribution is 4.98. The van der Waals surface area contributed by atoms with Gasteiger partial charge in [0.15, 0.2) is 0 Å². The molecule has 2 atom stereocenters. The summed E-state index contributed by atoms with van der Waals surface area (Å²) in [4.78, 5) is 6.93. The second-order valence-corrected chi connectivity index (χ2v) is 5.72. The summed E-state index contributed by atoms with van der Waals surface area (Å²) in [5.41, 5.74) is 2.94. The van der Waals surface area contributed by atoms with Crippen LogP contribution < -0.4 is 11.3 Å². The van der Waals surface area contributed by atoms with Crippen molar-refractivity contribution in [3.63, 3.8) is 0 Å². The van der Waals surface area contributed by atoms with Gasteiger partial charge in [-0.05, 0) is 19.4 Å². The lowest BCUT2D eigenvalue weighted by molar-refractivity contribution is -0.0466. The first kappa shape index (κ1) is 16.4. The molecule has 0 saturated carbocycles. The Labute approximate surface area is 127 Å². The molecule has 21 heavy (non-hydrogen) atoms. The van der Waals surface area contributed by atoms with E-state index in [1.165, 1.54) is 6.42 Å². The van der Waals surface area contributed by atoms with Crippen LogP contribution in [0.15, 0.2) is 12.4 Å². The summed E-state index contributed by atoms with van der Waals surface area (Å²) in [6.45, 7) is 9.26. The number of rotatable bonds is 8. The zero-order valence-corrected chi connectivity index (χ0v) is 13.3. The lowest BCUT2D eigenvalue weighted by Crippen LogP contribution is -2.55. The Balaban J connectivity index is 1.97. The number of nitrogens with two attached hydrogens (primary N) is 1. The molecule has 0 aliphatic carbocycles. The number of nitrogens with zero attached hydrogens (tertiary/aromatic N) is 3. The Hall–Kier alpha value is -0.950. The number of imidazole rings is 1. The van der Waals surface area contributed by atoms with Crippen molar-refractivity contribution in [3.8, 4) is 0 Å². The molecule has 1 aliphatic heterocycles. The quantitative estimate of drug-likeness (QED) is 0.548. The van der Waals surface area contributed by atoms with Gasteiger partial charge in [-0.1, -0.05) is 13.8 Å². The minimum absolute atomic E-state index is 0.0997.